The summed E-state index contributed by atoms with van der Waals surface area (Å²) >= 11 is 0. The number of nitrogens with two attached hydrogens (primary N) is 1. The third-order valence-corrected chi connectivity index (χ3v) is 8.83. The molecule has 0 spiro atoms. The number of hydrogen-bond donors (Lipinski definition) is 3. The van der Waals surface area contributed by atoms with Crippen LogP contribution in [0.5, 0.6) is 0 Å². The van der Waals surface area contributed by atoms with E-state index in [1.54, 1.807) is 4.90 Å². The summed E-state index contributed by atoms with van der Waals surface area (Å²) in [6, 6.07) is 4.60. The Morgan fingerprint density at radius 2 is 1.77 bits per heavy atom. The van der Waals surface area contributed by atoms with Crippen molar-refractivity contribution in [3.8, 4) is 0 Å². The summed E-state index contributed by atoms with van der Waals surface area (Å²) in [4.78, 5) is 55.1. The smallest absolute Gasteiger partial charge is 0.250 e. The van der Waals surface area contributed by atoms with E-state index in [9.17, 15) is 19.2 Å². The van der Waals surface area contributed by atoms with E-state index in [0.717, 1.165) is 36.1 Å². The standard InChI is InChI=1S/C31H46N4O4/c1-4-9-23(28(32)36)24(16-19(2)3)29(37)34-25-15-14-21-12-8-13-22-17-26(35(27(21)22)31(25)39)30(38)33-18-20-10-6-5-7-11-20/h8,12-13,19-20,23-26H,4-7,9-11,14-18H2,1-3H3,(H2,32,36)(H,33,38)(H,34,37). The number of anilines is 1. The number of primary amides is 1. The molecule has 8 nitrogen and oxygen atoms in total. The zero-order valence-electron chi connectivity index (χ0n) is 23.8. The molecule has 214 valence electrons. The molecule has 39 heavy (non-hydrogen) atoms. The van der Waals surface area contributed by atoms with Crippen molar-refractivity contribution in [2.75, 3.05) is 11.4 Å². The third kappa shape index (κ3) is 6.64. The molecule has 1 saturated carbocycles. The van der Waals surface area contributed by atoms with Gasteiger partial charge in [0.2, 0.25) is 23.6 Å². The Balaban J connectivity index is 1.54. The predicted octanol–water partition coefficient (Wildman–Crippen LogP) is 3.64. The molecule has 4 atom stereocenters. The van der Waals surface area contributed by atoms with Crippen molar-refractivity contribution in [2.24, 2.45) is 29.4 Å². The summed E-state index contributed by atoms with van der Waals surface area (Å²) in [6.07, 6.45) is 9.26. The van der Waals surface area contributed by atoms with E-state index in [-0.39, 0.29) is 23.6 Å². The van der Waals surface area contributed by atoms with E-state index in [2.05, 4.69) is 10.6 Å². The zero-order valence-corrected chi connectivity index (χ0v) is 23.8. The van der Waals surface area contributed by atoms with Gasteiger partial charge < -0.3 is 16.4 Å². The molecule has 1 aromatic carbocycles. The first-order chi connectivity index (χ1) is 18.7. The van der Waals surface area contributed by atoms with Crippen LogP contribution in [-0.2, 0) is 32.0 Å². The molecule has 3 aliphatic rings. The minimum atomic E-state index is -0.769. The number of aryl methyl sites for hydroxylation is 1. The van der Waals surface area contributed by atoms with E-state index < -0.39 is 29.8 Å². The minimum absolute atomic E-state index is 0.127. The molecule has 1 fully saturated rings. The number of nitrogens with one attached hydrogen (secondary N) is 2. The maximum atomic E-state index is 14.0. The summed E-state index contributed by atoms with van der Waals surface area (Å²) in [7, 11) is 0. The Bertz CT molecular complexity index is 1060. The molecule has 2 aliphatic heterocycles. The Labute approximate surface area is 232 Å². The molecule has 8 heteroatoms. The molecule has 4 unspecified atom stereocenters. The van der Waals surface area contributed by atoms with Gasteiger partial charge in [-0.1, -0.05) is 64.7 Å². The highest BCUT2D eigenvalue weighted by molar-refractivity contribution is 6.08. The van der Waals surface area contributed by atoms with Gasteiger partial charge in [-0.3, -0.25) is 24.1 Å². The first kappa shape index (κ1) is 29.1. The van der Waals surface area contributed by atoms with Gasteiger partial charge >= 0.3 is 0 Å². The van der Waals surface area contributed by atoms with Crippen LogP contribution in [0.4, 0.5) is 5.69 Å². The van der Waals surface area contributed by atoms with Crippen molar-refractivity contribution in [2.45, 2.75) is 103 Å². The lowest BCUT2D eigenvalue weighted by Gasteiger charge is -2.30. The number of amides is 4. The lowest BCUT2D eigenvalue weighted by atomic mass is 9.81. The zero-order chi connectivity index (χ0) is 28.1. The number of hydrogen-bond acceptors (Lipinski definition) is 4. The molecule has 0 aromatic heterocycles. The molecular formula is C31H46N4O4. The Morgan fingerprint density at radius 3 is 2.44 bits per heavy atom. The van der Waals surface area contributed by atoms with Gasteiger partial charge in [0, 0.05) is 24.8 Å². The first-order valence-electron chi connectivity index (χ1n) is 15.0. The number of benzene rings is 1. The van der Waals surface area contributed by atoms with Gasteiger partial charge in [0.15, 0.2) is 0 Å². The maximum absolute atomic E-state index is 14.0. The van der Waals surface area contributed by atoms with E-state index >= 15 is 0 Å². The molecule has 0 radical (unpaired) electrons. The van der Waals surface area contributed by atoms with Crippen LogP contribution >= 0.6 is 0 Å². The number of carbonyl (C=O) groups is 4. The summed E-state index contributed by atoms with van der Waals surface area (Å²) in [5.41, 5.74) is 8.58. The average Bonchev–Trinajstić information content (AvgIpc) is 3.25. The molecule has 2 heterocycles. The van der Waals surface area contributed by atoms with Gasteiger partial charge in [-0.2, -0.15) is 0 Å². The van der Waals surface area contributed by atoms with Crippen LogP contribution in [0.1, 0.15) is 89.7 Å². The first-order valence-corrected chi connectivity index (χ1v) is 15.0. The minimum Gasteiger partial charge on any atom is -0.369 e. The van der Waals surface area contributed by atoms with Crippen LogP contribution < -0.4 is 21.3 Å². The summed E-state index contributed by atoms with van der Waals surface area (Å²) in [6.45, 7) is 6.64. The van der Waals surface area contributed by atoms with E-state index in [1.807, 2.05) is 39.0 Å². The number of para-hydroxylation sites is 1. The van der Waals surface area contributed by atoms with Crippen LogP contribution in [0.25, 0.3) is 0 Å². The highest BCUT2D eigenvalue weighted by Crippen LogP contribution is 2.39. The molecule has 4 N–H and O–H groups in total. The summed E-state index contributed by atoms with van der Waals surface area (Å²) in [5, 5.41) is 6.15. The Hall–Kier alpha value is -2.90. The second kappa shape index (κ2) is 13.0. The van der Waals surface area contributed by atoms with Gasteiger partial charge in [-0.25, -0.2) is 0 Å². The van der Waals surface area contributed by atoms with Crippen molar-refractivity contribution in [3.63, 3.8) is 0 Å². The quantitative estimate of drug-likeness (QED) is 0.398. The highest BCUT2D eigenvalue weighted by Gasteiger charge is 2.45. The van der Waals surface area contributed by atoms with Gasteiger partial charge in [-0.15, -0.1) is 0 Å². The monoisotopic (exact) mass is 538 g/mol. The molecule has 0 saturated heterocycles. The second-order valence-electron chi connectivity index (χ2n) is 12.2. The summed E-state index contributed by atoms with van der Waals surface area (Å²) in [5.74, 6) is -1.65. The van der Waals surface area contributed by atoms with Crippen LogP contribution in [0, 0.1) is 23.7 Å². The predicted molar refractivity (Wildman–Crippen MR) is 152 cm³/mol. The van der Waals surface area contributed by atoms with Crippen molar-refractivity contribution in [1.82, 2.24) is 10.6 Å². The van der Waals surface area contributed by atoms with Gasteiger partial charge in [0.25, 0.3) is 0 Å². The Morgan fingerprint density at radius 1 is 1.05 bits per heavy atom. The normalized spacial score (nSPS) is 22.7. The van der Waals surface area contributed by atoms with Crippen molar-refractivity contribution >= 4 is 29.3 Å². The topological polar surface area (TPSA) is 122 Å². The number of rotatable bonds is 11. The number of carbonyl (C=O) groups excluding carboxylic acids is 4. The molecule has 1 aliphatic carbocycles. The van der Waals surface area contributed by atoms with Gasteiger partial charge in [0.05, 0.1) is 5.69 Å². The average molecular weight is 539 g/mol. The van der Waals surface area contributed by atoms with Crippen LogP contribution in [0.3, 0.4) is 0 Å². The lowest BCUT2D eigenvalue weighted by Crippen LogP contribution is -2.56. The third-order valence-electron chi connectivity index (χ3n) is 8.83. The molecule has 1 aromatic rings. The molecule has 4 amide bonds. The van der Waals surface area contributed by atoms with Crippen LogP contribution in [0.15, 0.2) is 18.2 Å². The summed E-state index contributed by atoms with van der Waals surface area (Å²) < 4.78 is 0. The van der Waals surface area contributed by atoms with E-state index in [4.69, 9.17) is 5.73 Å². The largest absolute Gasteiger partial charge is 0.369 e. The Kier molecular flexibility index (Phi) is 9.67. The maximum Gasteiger partial charge on any atom is 0.250 e. The molecule has 4 rings (SSSR count). The fourth-order valence-electron chi connectivity index (χ4n) is 6.82. The molecule has 0 bridgehead atoms. The van der Waals surface area contributed by atoms with Crippen molar-refractivity contribution < 1.29 is 19.2 Å². The fourth-order valence-corrected chi connectivity index (χ4v) is 6.82. The lowest BCUT2D eigenvalue weighted by molar-refractivity contribution is -0.136. The van der Waals surface area contributed by atoms with Crippen molar-refractivity contribution in [1.29, 1.82) is 0 Å². The van der Waals surface area contributed by atoms with Crippen molar-refractivity contribution in [3.05, 3.63) is 29.3 Å². The molecular weight excluding hydrogens is 492 g/mol. The van der Waals surface area contributed by atoms with Gasteiger partial charge in [-0.05, 0) is 61.5 Å². The van der Waals surface area contributed by atoms with Crippen LogP contribution in [0.2, 0.25) is 0 Å². The SMILES string of the molecule is CCCC(C(N)=O)C(CC(C)C)C(=O)NC1CCc2cccc3c2N(C1=O)C(C(=O)NCC1CCCCC1)C3. The van der Waals surface area contributed by atoms with Gasteiger partial charge in [0.1, 0.15) is 12.1 Å². The van der Waals surface area contributed by atoms with E-state index in [1.165, 1.54) is 19.3 Å². The fraction of sp³-hybridized carbons (Fsp3) is 0.677. The van der Waals surface area contributed by atoms with Crippen LogP contribution in [-0.4, -0.2) is 42.3 Å². The number of nitrogens with zero attached hydrogens (tertiary/aromatic N) is 1. The highest BCUT2D eigenvalue weighted by atomic mass is 16.2. The van der Waals surface area contributed by atoms with E-state index in [0.29, 0.717) is 44.6 Å². The second-order valence-corrected chi connectivity index (χ2v) is 12.2.